The Balaban J connectivity index is 1.39. The number of carbonyl (C=O) groups excluding carboxylic acids is 2. The number of hydrogen-bond acceptors (Lipinski definition) is 6. The van der Waals surface area contributed by atoms with Crippen LogP contribution in [0.2, 0.25) is 0 Å². The summed E-state index contributed by atoms with van der Waals surface area (Å²) in [6.07, 6.45) is 3.45. The summed E-state index contributed by atoms with van der Waals surface area (Å²) in [6, 6.07) is 1.74. The number of nitrogens with zero attached hydrogens (tertiary/aromatic N) is 4. The Morgan fingerprint density at radius 1 is 1.40 bits per heavy atom. The Hall–Kier alpha value is -2.42. The van der Waals surface area contributed by atoms with Crippen LogP contribution >= 0.6 is 0 Å². The maximum Gasteiger partial charge on any atom is 0.317 e. The lowest BCUT2D eigenvalue weighted by atomic mass is 9.80. The molecule has 1 aromatic rings. The van der Waals surface area contributed by atoms with Crippen LogP contribution in [0.3, 0.4) is 0 Å². The summed E-state index contributed by atoms with van der Waals surface area (Å²) in [4.78, 5) is 36.9. The van der Waals surface area contributed by atoms with Gasteiger partial charge in [0.25, 0.3) is 0 Å². The fraction of sp³-hybridized carbons (Fsp3) is 0.625. The second-order valence-electron chi connectivity index (χ2n) is 6.89. The highest BCUT2D eigenvalue weighted by Crippen LogP contribution is 2.40. The molecule has 1 aromatic heterocycles. The van der Waals surface area contributed by atoms with Gasteiger partial charge in [0.05, 0.1) is 5.41 Å². The number of anilines is 1. The van der Waals surface area contributed by atoms with Gasteiger partial charge in [0.2, 0.25) is 11.9 Å². The highest BCUT2D eigenvalue weighted by Gasteiger charge is 2.55. The lowest BCUT2D eigenvalue weighted by Crippen LogP contribution is -2.49. The normalized spacial score (nSPS) is 28.2. The van der Waals surface area contributed by atoms with Gasteiger partial charge in [-0.25, -0.2) is 14.8 Å². The van der Waals surface area contributed by atoms with Gasteiger partial charge in [-0.15, -0.1) is 0 Å². The lowest BCUT2D eigenvalue weighted by Gasteiger charge is -2.27. The molecule has 3 saturated heterocycles. The SMILES string of the molecule is O=C1NCCN1CCNC(=O)[C@@]12CNC[C@@H]1CN(c1ncccn1)C2. The van der Waals surface area contributed by atoms with Crippen molar-refractivity contribution in [3.8, 4) is 0 Å². The Morgan fingerprint density at radius 3 is 3.00 bits per heavy atom. The average Bonchev–Trinajstić information content (AvgIpc) is 3.30. The fourth-order valence-corrected chi connectivity index (χ4v) is 4.05. The van der Waals surface area contributed by atoms with Crippen molar-refractivity contribution in [2.75, 3.05) is 57.3 Å². The van der Waals surface area contributed by atoms with Crippen molar-refractivity contribution in [3.05, 3.63) is 18.5 Å². The van der Waals surface area contributed by atoms with Crippen LogP contribution in [-0.2, 0) is 4.79 Å². The molecular weight excluding hydrogens is 322 g/mol. The molecule has 2 atom stereocenters. The third-order valence-corrected chi connectivity index (χ3v) is 5.43. The van der Waals surface area contributed by atoms with Crippen LogP contribution in [0.1, 0.15) is 0 Å². The molecule has 0 bridgehead atoms. The molecule has 0 radical (unpaired) electrons. The first-order valence-electron chi connectivity index (χ1n) is 8.73. The Labute approximate surface area is 146 Å². The molecule has 0 saturated carbocycles. The molecule has 3 amide bonds. The standard InChI is InChI=1S/C16H23N7O2/c24-13(18-4-6-22-7-5-21-15(22)25)16-10-17-8-12(16)9-23(11-16)14-19-2-1-3-20-14/h1-3,12,17H,4-11H2,(H,18,24)(H,21,25)/t12-,16-/m1/s1. The van der Waals surface area contributed by atoms with E-state index in [2.05, 4.69) is 30.8 Å². The van der Waals surface area contributed by atoms with Gasteiger partial charge in [-0.1, -0.05) is 0 Å². The van der Waals surface area contributed by atoms with E-state index in [0.717, 1.165) is 13.1 Å². The van der Waals surface area contributed by atoms with Gasteiger partial charge in [-0.3, -0.25) is 4.79 Å². The van der Waals surface area contributed by atoms with E-state index in [0.29, 0.717) is 45.2 Å². The number of amides is 3. The second kappa shape index (κ2) is 6.47. The maximum absolute atomic E-state index is 12.9. The van der Waals surface area contributed by atoms with Gasteiger partial charge in [0, 0.05) is 70.7 Å². The van der Waals surface area contributed by atoms with Crippen LogP contribution in [-0.4, -0.2) is 79.2 Å². The van der Waals surface area contributed by atoms with E-state index in [9.17, 15) is 9.59 Å². The summed E-state index contributed by atoms with van der Waals surface area (Å²) in [5.41, 5.74) is -0.452. The second-order valence-corrected chi connectivity index (χ2v) is 6.89. The zero-order valence-corrected chi connectivity index (χ0v) is 14.1. The molecule has 4 heterocycles. The largest absolute Gasteiger partial charge is 0.354 e. The van der Waals surface area contributed by atoms with Gasteiger partial charge >= 0.3 is 6.03 Å². The highest BCUT2D eigenvalue weighted by molar-refractivity contribution is 5.85. The molecule has 3 aliphatic rings. The van der Waals surface area contributed by atoms with Gasteiger partial charge < -0.3 is 25.8 Å². The van der Waals surface area contributed by atoms with Crippen molar-refractivity contribution >= 4 is 17.9 Å². The Bertz CT molecular complexity index is 655. The zero-order valence-electron chi connectivity index (χ0n) is 14.1. The van der Waals surface area contributed by atoms with E-state index in [4.69, 9.17) is 0 Å². The van der Waals surface area contributed by atoms with Crippen molar-refractivity contribution in [2.24, 2.45) is 11.3 Å². The number of fused-ring (bicyclic) bond motifs is 1. The van der Waals surface area contributed by atoms with Crippen LogP contribution in [0.4, 0.5) is 10.7 Å². The molecule has 0 aromatic carbocycles. The minimum atomic E-state index is -0.452. The minimum absolute atomic E-state index is 0.0545. The summed E-state index contributed by atoms with van der Waals surface area (Å²) in [5, 5.41) is 9.16. The van der Waals surface area contributed by atoms with E-state index in [-0.39, 0.29) is 17.9 Å². The molecular formula is C16H23N7O2. The smallest absolute Gasteiger partial charge is 0.317 e. The summed E-state index contributed by atoms with van der Waals surface area (Å²) >= 11 is 0. The monoisotopic (exact) mass is 345 g/mol. The predicted octanol–water partition coefficient (Wildman–Crippen LogP) is -1.36. The van der Waals surface area contributed by atoms with Crippen LogP contribution in [0.15, 0.2) is 18.5 Å². The van der Waals surface area contributed by atoms with Crippen LogP contribution in [0.5, 0.6) is 0 Å². The molecule has 3 N–H and O–H groups in total. The first-order chi connectivity index (χ1) is 12.2. The van der Waals surface area contributed by atoms with Gasteiger partial charge in [0.15, 0.2) is 0 Å². The van der Waals surface area contributed by atoms with Gasteiger partial charge in [-0.2, -0.15) is 0 Å². The number of rotatable bonds is 5. The number of aromatic nitrogens is 2. The predicted molar refractivity (Wildman–Crippen MR) is 91.0 cm³/mol. The van der Waals surface area contributed by atoms with E-state index >= 15 is 0 Å². The van der Waals surface area contributed by atoms with Crippen LogP contribution in [0, 0.1) is 11.3 Å². The Kier molecular flexibility index (Phi) is 4.16. The first-order valence-corrected chi connectivity index (χ1v) is 8.73. The lowest BCUT2D eigenvalue weighted by molar-refractivity contribution is -0.130. The van der Waals surface area contributed by atoms with E-state index in [1.54, 1.807) is 23.4 Å². The number of carbonyl (C=O) groups is 2. The maximum atomic E-state index is 12.9. The molecule has 3 aliphatic heterocycles. The van der Waals surface area contributed by atoms with Gasteiger partial charge in [-0.05, 0) is 6.07 Å². The molecule has 0 spiro atoms. The average molecular weight is 345 g/mol. The van der Waals surface area contributed by atoms with E-state index in [1.165, 1.54) is 0 Å². The topological polar surface area (TPSA) is 102 Å². The Morgan fingerprint density at radius 2 is 2.24 bits per heavy atom. The number of nitrogens with one attached hydrogen (secondary N) is 3. The molecule has 3 fully saturated rings. The quantitative estimate of drug-likeness (QED) is 0.609. The molecule has 0 aliphatic carbocycles. The summed E-state index contributed by atoms with van der Waals surface area (Å²) < 4.78 is 0. The first kappa shape index (κ1) is 16.1. The molecule has 9 nitrogen and oxygen atoms in total. The van der Waals surface area contributed by atoms with E-state index < -0.39 is 5.41 Å². The van der Waals surface area contributed by atoms with Crippen LogP contribution < -0.4 is 20.9 Å². The molecule has 0 unspecified atom stereocenters. The third kappa shape index (κ3) is 2.88. The minimum Gasteiger partial charge on any atom is -0.354 e. The van der Waals surface area contributed by atoms with Crippen molar-refractivity contribution in [3.63, 3.8) is 0 Å². The van der Waals surface area contributed by atoms with Crippen molar-refractivity contribution in [1.29, 1.82) is 0 Å². The van der Waals surface area contributed by atoms with Crippen molar-refractivity contribution in [1.82, 2.24) is 30.8 Å². The van der Waals surface area contributed by atoms with Gasteiger partial charge in [0.1, 0.15) is 0 Å². The molecule has 25 heavy (non-hydrogen) atoms. The summed E-state index contributed by atoms with van der Waals surface area (Å²) in [5.74, 6) is 0.977. The summed E-state index contributed by atoms with van der Waals surface area (Å²) in [7, 11) is 0. The molecule has 4 rings (SSSR count). The molecule has 9 heteroatoms. The summed E-state index contributed by atoms with van der Waals surface area (Å²) in [6.45, 7) is 5.27. The fourth-order valence-electron chi connectivity index (χ4n) is 4.05. The zero-order chi connectivity index (χ0) is 17.3. The third-order valence-electron chi connectivity index (χ3n) is 5.43. The van der Waals surface area contributed by atoms with Crippen molar-refractivity contribution < 1.29 is 9.59 Å². The number of hydrogen-bond donors (Lipinski definition) is 3. The molecule has 134 valence electrons. The van der Waals surface area contributed by atoms with Crippen molar-refractivity contribution in [2.45, 2.75) is 0 Å². The highest BCUT2D eigenvalue weighted by atomic mass is 16.2. The van der Waals surface area contributed by atoms with E-state index in [1.807, 2.05) is 0 Å². The number of urea groups is 1. The van der Waals surface area contributed by atoms with Crippen LogP contribution in [0.25, 0.3) is 0 Å².